The van der Waals surface area contributed by atoms with Crippen molar-refractivity contribution in [3.05, 3.63) is 47.7 Å². The molecule has 0 saturated heterocycles. The van der Waals surface area contributed by atoms with Crippen LogP contribution < -0.4 is 10.1 Å². The van der Waals surface area contributed by atoms with Crippen molar-refractivity contribution in [2.24, 2.45) is 11.8 Å². The molecule has 1 aromatic rings. The predicted molar refractivity (Wildman–Crippen MR) is 114 cm³/mol. The van der Waals surface area contributed by atoms with Gasteiger partial charge in [-0.15, -0.1) is 0 Å². The van der Waals surface area contributed by atoms with E-state index in [9.17, 15) is 19.2 Å². The van der Waals surface area contributed by atoms with Gasteiger partial charge in [0.2, 0.25) is 5.91 Å². The van der Waals surface area contributed by atoms with Crippen molar-refractivity contribution < 1.29 is 28.7 Å². The Labute approximate surface area is 185 Å². The molecular weight excluding hydrogens is 414 g/mol. The van der Waals surface area contributed by atoms with Gasteiger partial charge in [0.15, 0.2) is 18.2 Å². The first-order chi connectivity index (χ1) is 15.3. The van der Waals surface area contributed by atoms with Gasteiger partial charge in [0.25, 0.3) is 0 Å². The van der Waals surface area contributed by atoms with E-state index in [1.807, 2.05) is 6.07 Å². The minimum absolute atomic E-state index is 0.0287. The van der Waals surface area contributed by atoms with Gasteiger partial charge in [-0.2, -0.15) is 5.26 Å². The summed E-state index contributed by atoms with van der Waals surface area (Å²) in [5, 5.41) is 11.7. The van der Waals surface area contributed by atoms with Gasteiger partial charge in [0.1, 0.15) is 11.7 Å². The Balaban J connectivity index is 1.70. The molecule has 0 aromatic heterocycles. The van der Waals surface area contributed by atoms with Crippen LogP contribution in [0.2, 0.25) is 0 Å². The summed E-state index contributed by atoms with van der Waals surface area (Å²) in [5.41, 5.74) is 1.38. The van der Waals surface area contributed by atoms with Gasteiger partial charge in [-0.05, 0) is 30.7 Å². The maximum absolute atomic E-state index is 12.9. The second kappa shape index (κ2) is 9.92. The van der Waals surface area contributed by atoms with E-state index in [1.54, 1.807) is 36.2 Å². The lowest BCUT2D eigenvalue weighted by Crippen LogP contribution is -2.31. The van der Waals surface area contributed by atoms with Gasteiger partial charge in [-0.3, -0.25) is 14.4 Å². The number of amides is 1. The minimum atomic E-state index is -0.754. The number of anilines is 1. The quantitative estimate of drug-likeness (QED) is 0.482. The fourth-order valence-electron chi connectivity index (χ4n) is 3.57. The van der Waals surface area contributed by atoms with Crippen LogP contribution in [0, 0.1) is 23.2 Å². The monoisotopic (exact) mass is 437 g/mol. The number of nitrogens with one attached hydrogen (secondary N) is 1. The molecule has 0 fully saturated rings. The Bertz CT molecular complexity index is 1050. The van der Waals surface area contributed by atoms with E-state index in [-0.39, 0.29) is 48.7 Å². The summed E-state index contributed by atoms with van der Waals surface area (Å²) in [6.45, 7) is 3.26. The molecule has 2 aliphatic rings. The number of fused-ring (bicyclic) bond motifs is 1. The molecule has 0 saturated carbocycles. The normalized spacial score (nSPS) is 19.0. The highest BCUT2D eigenvalue weighted by molar-refractivity contribution is 6.00. The van der Waals surface area contributed by atoms with E-state index in [0.717, 1.165) is 5.57 Å². The Morgan fingerprint density at radius 3 is 2.78 bits per heavy atom. The van der Waals surface area contributed by atoms with Gasteiger partial charge in [-0.1, -0.05) is 12.2 Å². The number of ketones is 2. The van der Waals surface area contributed by atoms with Crippen molar-refractivity contribution >= 4 is 29.1 Å². The molecule has 2 atom stereocenters. The van der Waals surface area contributed by atoms with E-state index in [2.05, 4.69) is 5.32 Å². The predicted octanol–water partition coefficient (Wildman–Crippen LogP) is 1.86. The molecule has 0 radical (unpaired) electrons. The molecule has 32 heavy (non-hydrogen) atoms. The Morgan fingerprint density at radius 2 is 2.09 bits per heavy atom. The molecule has 1 aromatic carbocycles. The second-order valence-corrected chi connectivity index (χ2v) is 7.39. The molecule has 1 amide bonds. The maximum atomic E-state index is 12.9. The number of hydrogen-bond donors (Lipinski definition) is 1. The number of benzene rings is 1. The molecular formula is C23H23N3O6. The van der Waals surface area contributed by atoms with Crippen molar-refractivity contribution in [2.75, 3.05) is 31.6 Å². The highest BCUT2D eigenvalue weighted by Gasteiger charge is 2.36. The summed E-state index contributed by atoms with van der Waals surface area (Å²) in [7, 11) is 0. The summed E-state index contributed by atoms with van der Waals surface area (Å²) >= 11 is 0. The van der Waals surface area contributed by atoms with E-state index >= 15 is 0 Å². The Kier molecular flexibility index (Phi) is 7.05. The summed E-state index contributed by atoms with van der Waals surface area (Å²) in [5.74, 6) is -2.23. The van der Waals surface area contributed by atoms with Crippen LogP contribution in [0.3, 0.4) is 0 Å². The fourth-order valence-corrected chi connectivity index (χ4v) is 3.57. The third-order valence-electron chi connectivity index (χ3n) is 5.03. The van der Waals surface area contributed by atoms with Crippen LogP contribution in [0.1, 0.15) is 24.2 Å². The number of nitriles is 1. The van der Waals surface area contributed by atoms with Crippen molar-refractivity contribution in [3.8, 4) is 11.8 Å². The third kappa shape index (κ3) is 5.21. The largest absolute Gasteiger partial charge is 0.480 e. The number of Topliss-reactive ketones (excluding diaryl/α,β-unsaturated/α-hetero) is 2. The Morgan fingerprint density at radius 1 is 1.31 bits per heavy atom. The molecule has 9 nitrogen and oxygen atoms in total. The summed E-state index contributed by atoms with van der Waals surface area (Å²) in [6, 6.07) is 6.50. The first-order valence-corrected chi connectivity index (χ1v) is 10.1. The number of nitrogens with zero attached hydrogens (tertiary/aromatic N) is 2. The van der Waals surface area contributed by atoms with Crippen molar-refractivity contribution in [1.82, 2.24) is 4.90 Å². The molecule has 1 heterocycles. The Hall–Kier alpha value is -3.93. The lowest BCUT2D eigenvalue weighted by molar-refractivity contribution is -0.145. The molecule has 2 unspecified atom stereocenters. The number of ether oxygens (including phenoxy) is 2. The first kappa shape index (κ1) is 22.7. The standard InChI is InChI=1S/C23H23N3O6/c1-3-31-22(29)13-32-21-7-6-15(8-19(21)25-14(2)27)20(28)12-26-10-17-5-4-16(9-24)23(30)18(17)11-26/h4-8,10,16,18H,3,11-13H2,1-2H3,(H,25,27). The van der Waals surface area contributed by atoms with Crippen LogP contribution in [-0.2, 0) is 19.1 Å². The minimum Gasteiger partial charge on any atom is -0.480 e. The smallest absolute Gasteiger partial charge is 0.344 e. The van der Waals surface area contributed by atoms with Crippen molar-refractivity contribution in [1.29, 1.82) is 5.26 Å². The molecule has 0 bridgehead atoms. The van der Waals surface area contributed by atoms with Crippen LogP contribution in [0.25, 0.3) is 0 Å². The zero-order chi connectivity index (χ0) is 23.3. The molecule has 1 N–H and O–H groups in total. The second-order valence-electron chi connectivity index (χ2n) is 7.39. The number of hydrogen-bond acceptors (Lipinski definition) is 8. The number of rotatable bonds is 8. The van der Waals surface area contributed by atoms with Gasteiger partial charge < -0.3 is 19.7 Å². The van der Waals surface area contributed by atoms with E-state index < -0.39 is 17.8 Å². The molecule has 1 aliphatic heterocycles. The van der Waals surface area contributed by atoms with Crippen molar-refractivity contribution in [2.45, 2.75) is 13.8 Å². The van der Waals surface area contributed by atoms with Crippen LogP contribution in [0.5, 0.6) is 5.75 Å². The molecule has 3 rings (SSSR count). The molecule has 9 heteroatoms. The average molecular weight is 437 g/mol. The summed E-state index contributed by atoms with van der Waals surface area (Å²) in [6.07, 6.45) is 5.09. The summed E-state index contributed by atoms with van der Waals surface area (Å²) in [4.78, 5) is 50.1. The molecule has 0 spiro atoms. The number of carbonyl (C=O) groups is 4. The van der Waals surface area contributed by atoms with Crippen LogP contribution in [0.4, 0.5) is 5.69 Å². The molecule has 1 aliphatic carbocycles. The lowest BCUT2D eigenvalue weighted by atomic mass is 9.84. The van der Waals surface area contributed by atoms with Crippen LogP contribution >= 0.6 is 0 Å². The number of esters is 1. The maximum Gasteiger partial charge on any atom is 0.344 e. The zero-order valence-corrected chi connectivity index (χ0v) is 17.8. The average Bonchev–Trinajstić information content (AvgIpc) is 3.16. The van der Waals surface area contributed by atoms with Gasteiger partial charge >= 0.3 is 5.97 Å². The van der Waals surface area contributed by atoms with Gasteiger partial charge in [0, 0.05) is 25.2 Å². The topological polar surface area (TPSA) is 126 Å². The fraction of sp³-hybridized carbons (Fsp3) is 0.348. The SMILES string of the molecule is CCOC(=O)COc1ccc(C(=O)CN2C=C3C=CC(C#N)C(=O)C3C2)cc1NC(C)=O. The number of allylic oxidation sites excluding steroid dienone is 2. The highest BCUT2D eigenvalue weighted by Crippen LogP contribution is 2.31. The third-order valence-corrected chi connectivity index (χ3v) is 5.03. The summed E-state index contributed by atoms with van der Waals surface area (Å²) < 4.78 is 10.2. The zero-order valence-electron chi connectivity index (χ0n) is 17.8. The highest BCUT2D eigenvalue weighted by atomic mass is 16.6. The van der Waals surface area contributed by atoms with E-state index in [0.29, 0.717) is 12.1 Å². The number of carbonyl (C=O) groups excluding carboxylic acids is 4. The van der Waals surface area contributed by atoms with Crippen molar-refractivity contribution in [3.63, 3.8) is 0 Å². The lowest BCUT2D eigenvalue weighted by Gasteiger charge is -2.20. The van der Waals surface area contributed by atoms with Gasteiger partial charge in [-0.25, -0.2) is 4.79 Å². The molecule has 166 valence electrons. The van der Waals surface area contributed by atoms with Crippen LogP contribution in [-0.4, -0.2) is 54.6 Å². The van der Waals surface area contributed by atoms with E-state index in [1.165, 1.54) is 19.1 Å². The van der Waals surface area contributed by atoms with Crippen LogP contribution in [0.15, 0.2) is 42.1 Å². The first-order valence-electron chi connectivity index (χ1n) is 10.1. The van der Waals surface area contributed by atoms with Gasteiger partial charge in [0.05, 0.1) is 30.8 Å². The van der Waals surface area contributed by atoms with E-state index in [4.69, 9.17) is 14.7 Å².